The van der Waals surface area contributed by atoms with Crippen LogP contribution in [0.5, 0.6) is 0 Å². The molecule has 0 aliphatic carbocycles. The predicted octanol–water partition coefficient (Wildman–Crippen LogP) is 2.46. The summed E-state index contributed by atoms with van der Waals surface area (Å²) in [7, 11) is 0. The normalized spacial score (nSPS) is 10.6. The molecule has 0 aliphatic heterocycles. The van der Waals surface area contributed by atoms with Crippen molar-refractivity contribution in [2.24, 2.45) is 0 Å². The summed E-state index contributed by atoms with van der Waals surface area (Å²) in [6, 6.07) is 7.98. The first-order valence-electron chi connectivity index (χ1n) is 6.61. The van der Waals surface area contributed by atoms with E-state index in [1.807, 2.05) is 24.6 Å². The second-order valence-electron chi connectivity index (χ2n) is 4.74. The van der Waals surface area contributed by atoms with Crippen LogP contribution in [0, 0.1) is 19.7 Å². The van der Waals surface area contributed by atoms with Gasteiger partial charge in [-0.1, -0.05) is 12.1 Å². The van der Waals surface area contributed by atoms with Crippen molar-refractivity contribution in [1.82, 2.24) is 15.1 Å². The molecule has 0 radical (unpaired) electrons. The molecule has 0 saturated carbocycles. The highest BCUT2D eigenvalue weighted by Crippen LogP contribution is 2.06. The summed E-state index contributed by atoms with van der Waals surface area (Å²) in [5, 5.41) is 7.06. The zero-order valence-electron chi connectivity index (χ0n) is 11.7. The van der Waals surface area contributed by atoms with E-state index in [1.54, 1.807) is 12.1 Å². The van der Waals surface area contributed by atoms with Gasteiger partial charge in [0.1, 0.15) is 5.82 Å². The third kappa shape index (κ3) is 3.44. The molecule has 0 atom stereocenters. The second kappa shape index (κ2) is 6.32. The zero-order valence-corrected chi connectivity index (χ0v) is 11.7. The summed E-state index contributed by atoms with van der Waals surface area (Å²) >= 11 is 0. The van der Waals surface area contributed by atoms with Gasteiger partial charge in [0.2, 0.25) is 0 Å². The van der Waals surface area contributed by atoms with E-state index in [1.165, 1.54) is 12.1 Å². The van der Waals surface area contributed by atoms with Gasteiger partial charge in [-0.25, -0.2) is 4.39 Å². The Balaban J connectivity index is 1.80. The van der Waals surface area contributed by atoms with Crippen molar-refractivity contribution in [2.75, 3.05) is 6.54 Å². The van der Waals surface area contributed by atoms with E-state index >= 15 is 0 Å². The van der Waals surface area contributed by atoms with Gasteiger partial charge in [-0.15, -0.1) is 0 Å². The largest absolute Gasteiger partial charge is 0.352 e. The lowest BCUT2D eigenvalue weighted by Gasteiger charge is -2.07. The van der Waals surface area contributed by atoms with Crippen molar-refractivity contribution < 1.29 is 9.18 Å². The van der Waals surface area contributed by atoms with Crippen molar-refractivity contribution in [3.8, 4) is 0 Å². The number of benzene rings is 1. The minimum Gasteiger partial charge on any atom is -0.352 e. The fraction of sp³-hybridized carbons (Fsp3) is 0.333. The van der Waals surface area contributed by atoms with E-state index in [2.05, 4.69) is 10.4 Å². The van der Waals surface area contributed by atoms with Gasteiger partial charge in [-0.2, -0.15) is 5.10 Å². The maximum absolute atomic E-state index is 13.4. The van der Waals surface area contributed by atoms with E-state index < -0.39 is 5.82 Å². The summed E-state index contributed by atoms with van der Waals surface area (Å²) in [5.41, 5.74) is 2.17. The molecule has 0 saturated heterocycles. The number of carbonyl (C=O) groups excluding carboxylic acids is 1. The topological polar surface area (TPSA) is 46.9 Å². The van der Waals surface area contributed by atoms with Crippen LogP contribution in [-0.4, -0.2) is 22.2 Å². The van der Waals surface area contributed by atoms with Crippen LogP contribution in [0.3, 0.4) is 0 Å². The molecule has 2 rings (SSSR count). The minimum absolute atomic E-state index is 0.0821. The number of hydrogen-bond donors (Lipinski definition) is 1. The number of rotatable bonds is 5. The first kappa shape index (κ1) is 14.2. The Kier molecular flexibility index (Phi) is 4.50. The van der Waals surface area contributed by atoms with Crippen LogP contribution in [-0.2, 0) is 6.54 Å². The number of amides is 1. The Morgan fingerprint density at radius 1 is 1.35 bits per heavy atom. The lowest BCUT2D eigenvalue weighted by Crippen LogP contribution is -2.26. The predicted molar refractivity (Wildman–Crippen MR) is 75.1 cm³/mol. The zero-order chi connectivity index (χ0) is 14.5. The molecule has 1 N–H and O–H groups in total. The summed E-state index contributed by atoms with van der Waals surface area (Å²) in [6.07, 6.45) is 0.752. The van der Waals surface area contributed by atoms with Crippen LogP contribution >= 0.6 is 0 Å². The maximum Gasteiger partial charge on any atom is 0.254 e. The maximum atomic E-state index is 13.4. The molecule has 0 fully saturated rings. The first-order chi connectivity index (χ1) is 9.58. The highest BCUT2D eigenvalue weighted by molar-refractivity contribution is 5.94. The third-order valence-electron chi connectivity index (χ3n) is 3.05. The van der Waals surface area contributed by atoms with Gasteiger partial charge >= 0.3 is 0 Å². The Hall–Kier alpha value is -2.17. The quantitative estimate of drug-likeness (QED) is 0.852. The number of aryl methyl sites for hydroxylation is 3. The van der Waals surface area contributed by atoms with Gasteiger partial charge in [-0.3, -0.25) is 9.48 Å². The van der Waals surface area contributed by atoms with Crippen molar-refractivity contribution >= 4 is 5.91 Å². The molecule has 1 heterocycles. The fourth-order valence-corrected chi connectivity index (χ4v) is 2.07. The second-order valence-corrected chi connectivity index (χ2v) is 4.74. The molecule has 5 heteroatoms. The van der Waals surface area contributed by atoms with Gasteiger partial charge in [0.05, 0.1) is 11.3 Å². The molecule has 20 heavy (non-hydrogen) atoms. The Labute approximate surface area is 117 Å². The molecule has 4 nitrogen and oxygen atoms in total. The van der Waals surface area contributed by atoms with Gasteiger partial charge in [0.15, 0.2) is 0 Å². The van der Waals surface area contributed by atoms with Gasteiger partial charge in [0, 0.05) is 18.8 Å². The SMILES string of the molecule is Cc1cc(C)n(CCCNC(=O)c2ccccc2F)n1. The van der Waals surface area contributed by atoms with Crippen LogP contribution < -0.4 is 5.32 Å². The van der Waals surface area contributed by atoms with E-state index in [0.717, 1.165) is 24.4 Å². The van der Waals surface area contributed by atoms with E-state index in [-0.39, 0.29) is 11.5 Å². The number of carbonyl (C=O) groups is 1. The molecule has 0 unspecified atom stereocenters. The van der Waals surface area contributed by atoms with E-state index in [0.29, 0.717) is 6.54 Å². The molecule has 0 bridgehead atoms. The van der Waals surface area contributed by atoms with Crippen LogP contribution in [0.4, 0.5) is 4.39 Å². The van der Waals surface area contributed by atoms with Crippen molar-refractivity contribution in [1.29, 1.82) is 0 Å². The van der Waals surface area contributed by atoms with Crippen LogP contribution in [0.2, 0.25) is 0 Å². The molecule has 1 aromatic carbocycles. The monoisotopic (exact) mass is 275 g/mol. The molecular formula is C15H18FN3O. The third-order valence-corrected chi connectivity index (χ3v) is 3.05. The van der Waals surface area contributed by atoms with Crippen molar-refractivity contribution in [3.63, 3.8) is 0 Å². The molecule has 2 aromatic rings. The first-order valence-corrected chi connectivity index (χ1v) is 6.61. The molecule has 1 aromatic heterocycles. The van der Waals surface area contributed by atoms with E-state index in [9.17, 15) is 9.18 Å². The highest BCUT2D eigenvalue weighted by Gasteiger charge is 2.09. The van der Waals surface area contributed by atoms with Gasteiger partial charge < -0.3 is 5.32 Å². The van der Waals surface area contributed by atoms with Crippen LogP contribution in [0.15, 0.2) is 30.3 Å². The average Bonchev–Trinajstić information content (AvgIpc) is 2.73. The smallest absolute Gasteiger partial charge is 0.254 e. The summed E-state index contributed by atoms with van der Waals surface area (Å²) < 4.78 is 15.3. The summed E-state index contributed by atoms with van der Waals surface area (Å²) in [4.78, 5) is 11.8. The lowest BCUT2D eigenvalue weighted by molar-refractivity contribution is 0.0948. The van der Waals surface area contributed by atoms with Crippen molar-refractivity contribution in [2.45, 2.75) is 26.8 Å². The molecule has 1 amide bonds. The number of hydrogen-bond acceptors (Lipinski definition) is 2. The van der Waals surface area contributed by atoms with Crippen molar-refractivity contribution in [3.05, 3.63) is 53.1 Å². The number of aromatic nitrogens is 2. The minimum atomic E-state index is -0.497. The number of halogens is 1. The molecule has 0 spiro atoms. The molecular weight excluding hydrogens is 257 g/mol. The summed E-state index contributed by atoms with van der Waals surface area (Å²) in [5.74, 6) is -0.875. The molecule has 106 valence electrons. The summed E-state index contributed by atoms with van der Waals surface area (Å²) in [6.45, 7) is 5.17. The Bertz CT molecular complexity index is 607. The Morgan fingerprint density at radius 3 is 2.75 bits per heavy atom. The number of nitrogens with zero attached hydrogens (tertiary/aromatic N) is 2. The van der Waals surface area contributed by atoms with Gasteiger partial charge in [0.25, 0.3) is 5.91 Å². The van der Waals surface area contributed by atoms with Crippen LogP contribution in [0.1, 0.15) is 28.2 Å². The van der Waals surface area contributed by atoms with Gasteiger partial charge in [-0.05, 0) is 38.5 Å². The standard InChI is InChI=1S/C15H18FN3O/c1-11-10-12(2)19(18-11)9-5-8-17-15(20)13-6-3-4-7-14(13)16/h3-4,6-7,10H,5,8-9H2,1-2H3,(H,17,20). The lowest BCUT2D eigenvalue weighted by atomic mass is 10.2. The molecule has 0 aliphatic rings. The average molecular weight is 275 g/mol. The fourth-order valence-electron chi connectivity index (χ4n) is 2.07. The van der Waals surface area contributed by atoms with Crippen LogP contribution in [0.25, 0.3) is 0 Å². The highest BCUT2D eigenvalue weighted by atomic mass is 19.1. The Morgan fingerprint density at radius 2 is 2.10 bits per heavy atom. The number of nitrogens with one attached hydrogen (secondary N) is 1. The van der Waals surface area contributed by atoms with E-state index in [4.69, 9.17) is 0 Å².